The Hall–Kier alpha value is -1.15. The Morgan fingerprint density at radius 1 is 1.25 bits per heavy atom. The predicted octanol–water partition coefficient (Wildman–Crippen LogP) is 1.32. The molecule has 6 heteroatoms. The van der Waals surface area contributed by atoms with Crippen LogP contribution in [0.4, 0.5) is 0 Å². The van der Waals surface area contributed by atoms with Gasteiger partial charge in [0, 0.05) is 23.3 Å². The van der Waals surface area contributed by atoms with Gasteiger partial charge in [0.25, 0.3) is 5.91 Å². The second-order valence-corrected chi connectivity index (χ2v) is 5.69. The molecule has 0 spiro atoms. The highest BCUT2D eigenvalue weighted by atomic mass is 127. The minimum absolute atomic E-state index is 0.0916. The first-order chi connectivity index (χ1) is 9.68. The summed E-state index contributed by atoms with van der Waals surface area (Å²) < 4.78 is 6.19. The fourth-order valence-corrected chi connectivity index (χ4v) is 2.63. The maximum Gasteiger partial charge on any atom is 0.252 e. The molecule has 1 saturated heterocycles. The molecule has 1 aliphatic heterocycles. The number of halogens is 1. The number of carbonyl (C=O) groups is 2. The van der Waals surface area contributed by atoms with Gasteiger partial charge in [0.15, 0.2) is 0 Å². The molecule has 0 bridgehead atoms. The molecule has 0 saturated carbocycles. The molecule has 0 radical (unpaired) electrons. The van der Waals surface area contributed by atoms with Gasteiger partial charge in [-0.25, -0.2) is 0 Å². The van der Waals surface area contributed by atoms with Crippen molar-refractivity contribution in [2.75, 3.05) is 19.7 Å². The highest BCUT2D eigenvalue weighted by Gasteiger charge is 2.22. The second kappa shape index (κ2) is 7.58. The summed E-state index contributed by atoms with van der Waals surface area (Å²) in [7, 11) is 0. The van der Waals surface area contributed by atoms with Crippen molar-refractivity contribution in [2.24, 2.45) is 0 Å². The van der Waals surface area contributed by atoms with E-state index in [1.54, 1.807) is 6.07 Å². The molecular weight excluding hydrogens is 371 g/mol. The van der Waals surface area contributed by atoms with Gasteiger partial charge in [0.2, 0.25) is 5.91 Å². The Morgan fingerprint density at radius 2 is 2.00 bits per heavy atom. The minimum Gasteiger partial charge on any atom is -0.368 e. The average Bonchev–Trinajstić information content (AvgIpc) is 2.98. The Morgan fingerprint density at radius 3 is 2.70 bits per heavy atom. The number of amides is 2. The largest absolute Gasteiger partial charge is 0.368 e. The number of hydrogen-bond acceptors (Lipinski definition) is 3. The third-order valence-electron chi connectivity index (χ3n) is 3.05. The quantitative estimate of drug-likeness (QED) is 0.591. The van der Waals surface area contributed by atoms with E-state index < -0.39 is 0 Å². The standard InChI is InChI=1S/C14H17IN2O3/c15-11-5-2-1-4-10(11)13(18)16-7-8-17-14(19)12-6-3-9-20-12/h1-2,4-5,12H,3,6-9H2,(H,16,18)(H,17,19). The van der Waals surface area contributed by atoms with Gasteiger partial charge in [-0.1, -0.05) is 12.1 Å². The summed E-state index contributed by atoms with van der Waals surface area (Å²) in [5.74, 6) is -0.215. The van der Waals surface area contributed by atoms with Crippen LogP contribution in [0.15, 0.2) is 24.3 Å². The number of ether oxygens (including phenoxy) is 1. The molecule has 1 aliphatic rings. The summed E-state index contributed by atoms with van der Waals surface area (Å²) in [5.41, 5.74) is 0.651. The SMILES string of the molecule is O=C(NCCNC(=O)C1CCCO1)c1ccccc1I. The topological polar surface area (TPSA) is 67.4 Å². The van der Waals surface area contributed by atoms with E-state index in [4.69, 9.17) is 4.74 Å². The van der Waals surface area contributed by atoms with Gasteiger partial charge in [-0.05, 0) is 47.6 Å². The molecule has 0 aliphatic carbocycles. The number of rotatable bonds is 5. The first-order valence-electron chi connectivity index (χ1n) is 6.60. The number of carbonyl (C=O) groups excluding carboxylic acids is 2. The Labute approximate surface area is 131 Å². The molecule has 1 aromatic rings. The molecule has 1 aromatic carbocycles. The van der Waals surface area contributed by atoms with Gasteiger partial charge < -0.3 is 15.4 Å². The summed E-state index contributed by atoms with van der Waals surface area (Å²) in [6, 6.07) is 7.38. The van der Waals surface area contributed by atoms with E-state index in [9.17, 15) is 9.59 Å². The Bertz CT molecular complexity index is 487. The van der Waals surface area contributed by atoms with E-state index in [-0.39, 0.29) is 17.9 Å². The number of nitrogens with one attached hydrogen (secondary N) is 2. The molecule has 108 valence electrons. The van der Waals surface area contributed by atoms with Crippen molar-refractivity contribution in [2.45, 2.75) is 18.9 Å². The molecule has 2 amide bonds. The average molecular weight is 388 g/mol. The normalized spacial score (nSPS) is 17.8. The maximum absolute atomic E-state index is 11.9. The lowest BCUT2D eigenvalue weighted by atomic mass is 10.2. The third-order valence-corrected chi connectivity index (χ3v) is 3.99. The van der Waals surface area contributed by atoms with Crippen molar-refractivity contribution in [3.8, 4) is 0 Å². The van der Waals surface area contributed by atoms with Crippen LogP contribution in [0.2, 0.25) is 0 Å². The molecule has 1 unspecified atom stereocenters. The van der Waals surface area contributed by atoms with Crippen LogP contribution < -0.4 is 10.6 Å². The van der Waals surface area contributed by atoms with Crippen LogP contribution in [0, 0.1) is 3.57 Å². The van der Waals surface area contributed by atoms with E-state index in [1.807, 2.05) is 18.2 Å². The van der Waals surface area contributed by atoms with Crippen molar-refractivity contribution in [1.82, 2.24) is 10.6 Å². The summed E-state index contributed by atoms with van der Waals surface area (Å²) in [6.45, 7) is 1.47. The lowest BCUT2D eigenvalue weighted by Crippen LogP contribution is -2.39. The van der Waals surface area contributed by atoms with Gasteiger partial charge in [-0.2, -0.15) is 0 Å². The van der Waals surface area contributed by atoms with Crippen LogP contribution in [-0.4, -0.2) is 37.6 Å². The summed E-state index contributed by atoms with van der Waals surface area (Å²) in [5, 5.41) is 5.55. The molecule has 2 N–H and O–H groups in total. The monoisotopic (exact) mass is 388 g/mol. The number of hydrogen-bond donors (Lipinski definition) is 2. The van der Waals surface area contributed by atoms with Crippen LogP contribution in [0.1, 0.15) is 23.2 Å². The zero-order chi connectivity index (χ0) is 14.4. The maximum atomic E-state index is 11.9. The van der Waals surface area contributed by atoms with Crippen LogP contribution >= 0.6 is 22.6 Å². The molecule has 0 aromatic heterocycles. The molecule has 2 rings (SSSR count). The summed E-state index contributed by atoms with van der Waals surface area (Å²) in [6.07, 6.45) is 1.39. The van der Waals surface area contributed by atoms with Crippen LogP contribution in [-0.2, 0) is 9.53 Å². The zero-order valence-corrected chi connectivity index (χ0v) is 13.2. The molecular formula is C14H17IN2O3. The zero-order valence-electron chi connectivity index (χ0n) is 11.0. The smallest absolute Gasteiger partial charge is 0.252 e. The summed E-state index contributed by atoms with van der Waals surface area (Å²) in [4.78, 5) is 23.6. The van der Waals surface area contributed by atoms with E-state index in [0.717, 1.165) is 16.4 Å². The molecule has 1 heterocycles. The third kappa shape index (κ3) is 4.17. The molecule has 1 fully saturated rings. The van der Waals surface area contributed by atoms with Gasteiger partial charge >= 0.3 is 0 Å². The predicted molar refractivity (Wildman–Crippen MR) is 83.5 cm³/mol. The van der Waals surface area contributed by atoms with E-state index >= 15 is 0 Å². The van der Waals surface area contributed by atoms with Crippen molar-refractivity contribution < 1.29 is 14.3 Å². The van der Waals surface area contributed by atoms with Crippen molar-refractivity contribution >= 4 is 34.4 Å². The van der Waals surface area contributed by atoms with E-state index in [2.05, 4.69) is 33.2 Å². The minimum atomic E-state index is -0.319. The first-order valence-corrected chi connectivity index (χ1v) is 7.68. The second-order valence-electron chi connectivity index (χ2n) is 4.53. The first kappa shape index (κ1) is 15.2. The number of benzene rings is 1. The fourth-order valence-electron chi connectivity index (χ4n) is 2.00. The van der Waals surface area contributed by atoms with Crippen molar-refractivity contribution in [1.29, 1.82) is 0 Å². The Kier molecular flexibility index (Phi) is 5.78. The molecule has 5 nitrogen and oxygen atoms in total. The highest BCUT2D eigenvalue weighted by molar-refractivity contribution is 14.1. The van der Waals surface area contributed by atoms with Gasteiger partial charge in [-0.3, -0.25) is 9.59 Å². The lowest BCUT2D eigenvalue weighted by molar-refractivity contribution is -0.129. The van der Waals surface area contributed by atoms with E-state index in [1.165, 1.54) is 0 Å². The summed E-state index contributed by atoms with van der Waals surface area (Å²) >= 11 is 2.13. The van der Waals surface area contributed by atoms with Crippen molar-refractivity contribution in [3.63, 3.8) is 0 Å². The molecule has 1 atom stereocenters. The van der Waals surface area contributed by atoms with Crippen LogP contribution in [0.25, 0.3) is 0 Å². The fraction of sp³-hybridized carbons (Fsp3) is 0.429. The van der Waals surface area contributed by atoms with Gasteiger partial charge in [0.05, 0.1) is 5.56 Å². The highest BCUT2D eigenvalue weighted by Crippen LogP contribution is 2.12. The van der Waals surface area contributed by atoms with Crippen LogP contribution in [0.5, 0.6) is 0 Å². The van der Waals surface area contributed by atoms with Gasteiger partial charge in [0.1, 0.15) is 6.10 Å². The van der Waals surface area contributed by atoms with Gasteiger partial charge in [-0.15, -0.1) is 0 Å². The van der Waals surface area contributed by atoms with Crippen LogP contribution in [0.3, 0.4) is 0 Å². The Balaban J connectivity index is 1.69. The lowest BCUT2D eigenvalue weighted by Gasteiger charge is -2.11. The van der Waals surface area contributed by atoms with Crippen molar-refractivity contribution in [3.05, 3.63) is 33.4 Å². The molecule has 20 heavy (non-hydrogen) atoms. The van der Waals surface area contributed by atoms with E-state index in [0.29, 0.717) is 25.3 Å².